The number of carbonyl (C=O) groups is 2. The van der Waals surface area contributed by atoms with E-state index in [1.165, 1.54) is 30.4 Å². The van der Waals surface area contributed by atoms with Crippen molar-refractivity contribution in [3.63, 3.8) is 0 Å². The lowest BCUT2D eigenvalue weighted by molar-refractivity contribution is -0.138. The molecule has 3 heterocycles. The number of aliphatic imine (C=N–C) groups is 1. The van der Waals surface area contributed by atoms with Gasteiger partial charge in [0.15, 0.2) is 11.7 Å². The number of carbonyl (C=O) groups excluding carboxylic acids is 2. The molecular formula is C29H31N5O3. The third kappa shape index (κ3) is 4.41. The van der Waals surface area contributed by atoms with Crippen LogP contribution in [0.3, 0.4) is 0 Å². The fourth-order valence-corrected chi connectivity index (χ4v) is 5.79. The molecule has 3 aromatic rings. The van der Waals surface area contributed by atoms with Crippen LogP contribution in [0.1, 0.15) is 54.2 Å². The Morgan fingerprint density at radius 3 is 2.35 bits per heavy atom. The Balaban J connectivity index is 1.47. The van der Waals surface area contributed by atoms with Gasteiger partial charge < -0.3 is 9.30 Å². The SMILES string of the molecule is COC(=O)CN1C(=O)N2C[C@@H](Cc3ccccc3)N=C2c2c1nc(C1CCCC1)n2Cc1ccccc1. The Bertz CT molecular complexity index is 1330. The summed E-state index contributed by atoms with van der Waals surface area (Å²) < 4.78 is 7.19. The number of nitrogens with zero attached hydrogens (tertiary/aromatic N) is 5. The van der Waals surface area contributed by atoms with Gasteiger partial charge in [-0.2, -0.15) is 0 Å². The van der Waals surface area contributed by atoms with E-state index in [-0.39, 0.29) is 18.6 Å². The van der Waals surface area contributed by atoms with Gasteiger partial charge in [-0.15, -0.1) is 0 Å². The molecule has 37 heavy (non-hydrogen) atoms. The molecule has 2 aromatic carbocycles. The van der Waals surface area contributed by atoms with E-state index in [1.54, 1.807) is 4.90 Å². The average Bonchev–Trinajstić information content (AvgIpc) is 3.67. The average molecular weight is 498 g/mol. The molecule has 8 heteroatoms. The third-order valence-corrected chi connectivity index (χ3v) is 7.59. The molecule has 8 nitrogen and oxygen atoms in total. The monoisotopic (exact) mass is 497 g/mol. The molecule has 0 saturated heterocycles. The fraction of sp³-hybridized carbons (Fsp3) is 0.379. The van der Waals surface area contributed by atoms with Gasteiger partial charge in [0.05, 0.1) is 19.7 Å². The van der Waals surface area contributed by atoms with Crippen LogP contribution >= 0.6 is 0 Å². The predicted octanol–water partition coefficient (Wildman–Crippen LogP) is 4.38. The number of hydrogen-bond acceptors (Lipinski definition) is 5. The minimum absolute atomic E-state index is 0.0673. The summed E-state index contributed by atoms with van der Waals surface area (Å²) in [6.45, 7) is 0.919. The van der Waals surface area contributed by atoms with Crippen LogP contribution in [0.2, 0.25) is 0 Å². The van der Waals surface area contributed by atoms with Crippen molar-refractivity contribution in [3.05, 3.63) is 83.3 Å². The van der Waals surface area contributed by atoms with Gasteiger partial charge in [-0.1, -0.05) is 73.5 Å². The fourth-order valence-electron chi connectivity index (χ4n) is 5.79. The van der Waals surface area contributed by atoms with E-state index in [1.807, 2.05) is 36.4 Å². The Morgan fingerprint density at radius 2 is 1.68 bits per heavy atom. The lowest BCUT2D eigenvalue weighted by atomic mass is 10.1. The summed E-state index contributed by atoms with van der Waals surface area (Å²) in [6.07, 6.45) is 5.22. The standard InChI is InChI=1S/C29H31N5O3/c1-37-24(35)19-34-28-25(27-30-23(18-33(27)29(34)36)16-20-10-4-2-5-11-20)32(17-21-12-6-3-7-13-21)26(31-28)22-14-8-9-15-22/h2-7,10-13,22-23H,8-9,14-19H2,1H3/t23-/m1/s1. The van der Waals surface area contributed by atoms with E-state index in [4.69, 9.17) is 14.7 Å². The van der Waals surface area contributed by atoms with Gasteiger partial charge in [0, 0.05) is 12.5 Å². The molecule has 1 saturated carbocycles. The zero-order valence-corrected chi connectivity index (χ0v) is 21.0. The molecule has 1 aliphatic carbocycles. The van der Waals surface area contributed by atoms with Crippen molar-refractivity contribution < 1.29 is 14.3 Å². The maximum absolute atomic E-state index is 13.7. The topological polar surface area (TPSA) is 80.0 Å². The molecule has 0 N–H and O–H groups in total. The molecular weight excluding hydrogens is 466 g/mol. The summed E-state index contributed by atoms with van der Waals surface area (Å²) in [5, 5.41) is 0. The zero-order valence-electron chi connectivity index (χ0n) is 21.0. The number of esters is 1. The lowest BCUT2D eigenvalue weighted by Crippen LogP contribution is -2.52. The zero-order chi connectivity index (χ0) is 25.4. The molecule has 1 aromatic heterocycles. The van der Waals surface area contributed by atoms with Crippen LogP contribution in [0.25, 0.3) is 0 Å². The summed E-state index contributed by atoms with van der Waals surface area (Å²) in [5.41, 5.74) is 3.16. The van der Waals surface area contributed by atoms with E-state index in [0.717, 1.165) is 36.3 Å². The number of amides is 2. The second-order valence-electron chi connectivity index (χ2n) is 10.0. The molecule has 2 aliphatic heterocycles. The summed E-state index contributed by atoms with van der Waals surface area (Å²) in [5.74, 6) is 2.00. The summed E-state index contributed by atoms with van der Waals surface area (Å²) in [6, 6.07) is 20.2. The number of urea groups is 1. The number of ether oxygens (including phenoxy) is 1. The van der Waals surface area contributed by atoms with Crippen molar-refractivity contribution in [2.45, 2.75) is 50.6 Å². The summed E-state index contributed by atoms with van der Waals surface area (Å²) in [7, 11) is 1.34. The van der Waals surface area contributed by atoms with Gasteiger partial charge in [-0.25, -0.2) is 9.78 Å². The Hall–Kier alpha value is -3.94. The Labute approximate surface area is 216 Å². The highest BCUT2D eigenvalue weighted by Gasteiger charge is 2.45. The minimum Gasteiger partial charge on any atom is -0.468 e. The van der Waals surface area contributed by atoms with Crippen LogP contribution in [0.4, 0.5) is 10.6 Å². The first-order valence-electron chi connectivity index (χ1n) is 13.0. The normalized spacial score (nSPS) is 19.1. The first kappa shape index (κ1) is 23.5. The molecule has 190 valence electrons. The number of hydrogen-bond donors (Lipinski definition) is 0. The van der Waals surface area contributed by atoms with Gasteiger partial charge in [0.1, 0.15) is 18.1 Å². The smallest absolute Gasteiger partial charge is 0.332 e. The highest BCUT2D eigenvalue weighted by molar-refractivity contribution is 6.19. The number of aromatic nitrogens is 2. The number of imidazole rings is 1. The molecule has 6 rings (SSSR count). The summed E-state index contributed by atoms with van der Waals surface area (Å²) in [4.78, 5) is 39.5. The van der Waals surface area contributed by atoms with Gasteiger partial charge in [-0.05, 0) is 30.4 Å². The van der Waals surface area contributed by atoms with Crippen LogP contribution in [-0.4, -0.2) is 58.5 Å². The lowest BCUT2D eigenvalue weighted by Gasteiger charge is -2.32. The van der Waals surface area contributed by atoms with Crippen LogP contribution < -0.4 is 4.90 Å². The molecule has 0 bridgehead atoms. The largest absolute Gasteiger partial charge is 0.468 e. The van der Waals surface area contributed by atoms with E-state index >= 15 is 0 Å². The number of rotatable bonds is 7. The number of fused-ring (bicyclic) bond motifs is 3. The summed E-state index contributed by atoms with van der Waals surface area (Å²) >= 11 is 0. The van der Waals surface area contributed by atoms with Crippen molar-refractivity contribution in [1.82, 2.24) is 14.5 Å². The molecule has 3 aliphatic rings. The first-order valence-corrected chi connectivity index (χ1v) is 13.0. The van der Waals surface area contributed by atoms with Crippen LogP contribution in [0.5, 0.6) is 0 Å². The molecule has 0 spiro atoms. The minimum atomic E-state index is -0.472. The van der Waals surface area contributed by atoms with Crippen molar-refractivity contribution in [2.24, 2.45) is 4.99 Å². The predicted molar refractivity (Wildman–Crippen MR) is 141 cm³/mol. The van der Waals surface area contributed by atoms with E-state index < -0.39 is 5.97 Å². The number of methoxy groups -OCH3 is 1. The van der Waals surface area contributed by atoms with E-state index in [9.17, 15) is 9.59 Å². The van der Waals surface area contributed by atoms with Crippen molar-refractivity contribution >= 4 is 23.7 Å². The van der Waals surface area contributed by atoms with Crippen molar-refractivity contribution in [1.29, 1.82) is 0 Å². The maximum atomic E-state index is 13.7. The van der Waals surface area contributed by atoms with Crippen LogP contribution in [0, 0.1) is 0 Å². The molecule has 1 fully saturated rings. The molecule has 1 atom stereocenters. The first-order chi connectivity index (χ1) is 18.1. The Kier molecular flexibility index (Phi) is 6.24. The second kappa shape index (κ2) is 9.84. The van der Waals surface area contributed by atoms with Gasteiger partial charge in [0.2, 0.25) is 0 Å². The molecule has 0 unspecified atom stereocenters. The highest BCUT2D eigenvalue weighted by Crippen LogP contribution is 2.40. The Morgan fingerprint density at radius 1 is 1.00 bits per heavy atom. The van der Waals surface area contributed by atoms with Gasteiger partial charge >= 0.3 is 12.0 Å². The number of anilines is 1. The van der Waals surface area contributed by atoms with Crippen molar-refractivity contribution in [3.8, 4) is 0 Å². The maximum Gasteiger partial charge on any atom is 0.332 e. The molecule has 2 amide bonds. The second-order valence-corrected chi connectivity index (χ2v) is 10.0. The molecule has 0 radical (unpaired) electrons. The highest BCUT2D eigenvalue weighted by atomic mass is 16.5. The third-order valence-electron chi connectivity index (χ3n) is 7.59. The van der Waals surface area contributed by atoms with Crippen molar-refractivity contribution in [2.75, 3.05) is 25.1 Å². The van der Waals surface area contributed by atoms with Crippen LogP contribution in [-0.2, 0) is 22.5 Å². The van der Waals surface area contributed by atoms with Crippen LogP contribution in [0.15, 0.2) is 65.7 Å². The number of amidine groups is 1. The van der Waals surface area contributed by atoms with E-state index in [2.05, 4.69) is 28.8 Å². The van der Waals surface area contributed by atoms with Gasteiger partial charge in [0.25, 0.3) is 0 Å². The quantitative estimate of drug-likeness (QED) is 0.454. The van der Waals surface area contributed by atoms with E-state index in [0.29, 0.717) is 30.7 Å². The number of benzene rings is 2. The van der Waals surface area contributed by atoms with Gasteiger partial charge in [-0.3, -0.25) is 19.6 Å².